The van der Waals surface area contributed by atoms with Gasteiger partial charge >= 0.3 is 0 Å². The number of hydrogen-bond donors (Lipinski definition) is 2. The Labute approximate surface area is 174 Å². The third kappa shape index (κ3) is 5.47. The lowest BCUT2D eigenvalue weighted by Gasteiger charge is -2.07. The fraction of sp³-hybridized carbons (Fsp3) is 0.158. The van der Waals surface area contributed by atoms with Crippen LogP contribution in [-0.2, 0) is 9.59 Å². The normalized spacial score (nSPS) is 17.7. The Morgan fingerprint density at radius 2 is 1.90 bits per heavy atom. The van der Waals surface area contributed by atoms with Crippen molar-refractivity contribution < 1.29 is 18.9 Å². The van der Waals surface area contributed by atoms with Crippen LogP contribution in [0.1, 0.15) is 18.9 Å². The topological polar surface area (TPSA) is 126 Å². The molecule has 0 bridgehead atoms. The van der Waals surface area contributed by atoms with Crippen LogP contribution >= 0.6 is 11.8 Å². The van der Waals surface area contributed by atoms with Gasteiger partial charge in [-0.15, -0.1) is 5.10 Å². The Morgan fingerprint density at radius 3 is 2.53 bits per heavy atom. The first-order valence-electron chi connectivity index (χ1n) is 8.72. The highest BCUT2D eigenvalue weighted by Gasteiger charge is 2.32. The molecule has 11 heteroatoms. The molecule has 0 aliphatic carbocycles. The largest absolute Gasteiger partial charge is 0.326 e. The summed E-state index contributed by atoms with van der Waals surface area (Å²) in [6.45, 7) is 1.68. The van der Waals surface area contributed by atoms with E-state index in [9.17, 15) is 24.1 Å². The highest BCUT2D eigenvalue weighted by molar-refractivity contribution is 8.15. The van der Waals surface area contributed by atoms with Crippen LogP contribution < -0.4 is 10.6 Å². The number of amidine groups is 1. The van der Waals surface area contributed by atoms with Crippen molar-refractivity contribution in [2.45, 2.75) is 18.6 Å². The van der Waals surface area contributed by atoms with Crippen LogP contribution in [0.5, 0.6) is 0 Å². The quantitative estimate of drug-likeness (QED) is 0.415. The number of rotatable bonds is 6. The van der Waals surface area contributed by atoms with Gasteiger partial charge in [-0.3, -0.25) is 19.7 Å². The van der Waals surface area contributed by atoms with Crippen molar-refractivity contribution in [3.8, 4) is 0 Å². The number of thioether (sulfide) groups is 1. The van der Waals surface area contributed by atoms with E-state index in [4.69, 9.17) is 0 Å². The molecule has 1 aliphatic rings. The van der Waals surface area contributed by atoms with E-state index in [2.05, 4.69) is 20.8 Å². The van der Waals surface area contributed by atoms with Gasteiger partial charge in [0.2, 0.25) is 11.8 Å². The summed E-state index contributed by atoms with van der Waals surface area (Å²) in [6, 6.07) is 11.1. The van der Waals surface area contributed by atoms with E-state index in [1.807, 2.05) is 0 Å². The number of benzene rings is 2. The average Bonchev–Trinajstić information content (AvgIpc) is 3.07. The summed E-state index contributed by atoms with van der Waals surface area (Å²) in [5.41, 5.74) is 1.56. The summed E-state index contributed by atoms with van der Waals surface area (Å²) >= 11 is 1.08. The van der Waals surface area contributed by atoms with Crippen LogP contribution in [-0.4, -0.2) is 32.9 Å². The lowest BCUT2D eigenvalue weighted by atomic mass is 10.1. The summed E-state index contributed by atoms with van der Waals surface area (Å²) in [4.78, 5) is 34.4. The fourth-order valence-electron chi connectivity index (χ4n) is 2.50. The van der Waals surface area contributed by atoms with Gasteiger partial charge in [0.25, 0.3) is 5.69 Å². The predicted octanol–water partition coefficient (Wildman–Crippen LogP) is 3.07. The number of nitro benzene ring substituents is 1. The van der Waals surface area contributed by atoms with E-state index in [0.717, 1.165) is 11.8 Å². The smallest absolute Gasteiger partial charge is 0.269 e. The Kier molecular flexibility index (Phi) is 6.52. The van der Waals surface area contributed by atoms with Crippen molar-refractivity contribution in [3.05, 3.63) is 70.0 Å². The maximum atomic E-state index is 12.9. The second-order valence-electron chi connectivity index (χ2n) is 6.25. The van der Waals surface area contributed by atoms with Gasteiger partial charge in [0.15, 0.2) is 5.17 Å². The molecule has 1 fully saturated rings. The van der Waals surface area contributed by atoms with E-state index in [-0.39, 0.29) is 29.1 Å². The number of amides is 2. The number of halogens is 1. The lowest BCUT2D eigenvalue weighted by molar-refractivity contribution is -0.384. The molecular weight excluding hydrogens is 413 g/mol. The maximum absolute atomic E-state index is 12.9. The maximum Gasteiger partial charge on any atom is 0.269 e. The number of non-ortho nitro benzene ring substituents is 1. The molecule has 154 valence electrons. The number of hydrogen-bond acceptors (Lipinski definition) is 7. The number of anilines is 1. The zero-order chi connectivity index (χ0) is 21.7. The van der Waals surface area contributed by atoms with E-state index in [1.54, 1.807) is 19.1 Å². The van der Waals surface area contributed by atoms with Gasteiger partial charge in [-0.2, -0.15) is 5.10 Å². The van der Waals surface area contributed by atoms with Crippen molar-refractivity contribution in [3.63, 3.8) is 0 Å². The first kappa shape index (κ1) is 21.1. The first-order valence-corrected chi connectivity index (χ1v) is 9.60. The molecule has 1 unspecified atom stereocenters. The molecular formula is C19H16FN5O4S. The molecule has 0 saturated carbocycles. The molecule has 30 heavy (non-hydrogen) atoms. The Morgan fingerprint density at radius 1 is 1.23 bits per heavy atom. The molecule has 2 aromatic carbocycles. The summed E-state index contributed by atoms with van der Waals surface area (Å²) in [6.07, 6.45) is -0.0854. The van der Waals surface area contributed by atoms with Crippen LogP contribution in [0.15, 0.2) is 58.7 Å². The lowest BCUT2D eigenvalue weighted by Crippen LogP contribution is -2.28. The Bertz CT molecular complexity index is 1040. The molecule has 0 spiro atoms. The van der Waals surface area contributed by atoms with Crippen LogP contribution in [0.25, 0.3) is 0 Å². The van der Waals surface area contributed by atoms with Gasteiger partial charge in [0.1, 0.15) is 11.1 Å². The van der Waals surface area contributed by atoms with Crippen LogP contribution in [0, 0.1) is 15.9 Å². The number of nitro groups is 1. The van der Waals surface area contributed by atoms with Crippen molar-refractivity contribution in [1.29, 1.82) is 0 Å². The van der Waals surface area contributed by atoms with Crippen molar-refractivity contribution in [2.75, 3.05) is 5.32 Å². The molecule has 9 nitrogen and oxygen atoms in total. The van der Waals surface area contributed by atoms with Gasteiger partial charge < -0.3 is 10.6 Å². The minimum absolute atomic E-state index is 0.0294. The predicted molar refractivity (Wildman–Crippen MR) is 112 cm³/mol. The second kappa shape index (κ2) is 9.27. The fourth-order valence-corrected chi connectivity index (χ4v) is 3.42. The summed E-state index contributed by atoms with van der Waals surface area (Å²) < 4.78 is 12.9. The van der Waals surface area contributed by atoms with Crippen LogP contribution in [0.2, 0.25) is 0 Å². The first-order chi connectivity index (χ1) is 14.3. The van der Waals surface area contributed by atoms with Gasteiger partial charge in [-0.05, 0) is 48.9 Å². The molecule has 1 aliphatic heterocycles. The van der Waals surface area contributed by atoms with Crippen molar-refractivity contribution in [2.24, 2.45) is 10.2 Å². The number of nitrogens with zero attached hydrogens (tertiary/aromatic N) is 3. The molecule has 0 aromatic heterocycles. The second-order valence-corrected chi connectivity index (χ2v) is 7.44. The highest BCUT2D eigenvalue weighted by atomic mass is 32.2. The van der Waals surface area contributed by atoms with Crippen molar-refractivity contribution >= 4 is 45.8 Å². The van der Waals surface area contributed by atoms with Gasteiger partial charge in [0.05, 0.1) is 10.6 Å². The minimum Gasteiger partial charge on any atom is -0.326 e. The van der Waals surface area contributed by atoms with Crippen LogP contribution in [0.4, 0.5) is 15.8 Å². The van der Waals surface area contributed by atoms with Gasteiger partial charge in [-0.25, -0.2) is 4.39 Å². The Balaban J connectivity index is 1.59. The number of nitrogens with one attached hydrogen (secondary N) is 2. The van der Waals surface area contributed by atoms with Crippen LogP contribution in [0.3, 0.4) is 0 Å². The van der Waals surface area contributed by atoms with E-state index >= 15 is 0 Å². The molecule has 2 N–H and O–H groups in total. The SMILES string of the molecule is C/C(=N\N=C1/NC(=O)C(CC(=O)Nc2ccc(F)cc2)S1)c1ccc([N+](=O)[O-])cc1. The molecule has 1 saturated heterocycles. The van der Waals surface area contributed by atoms with E-state index in [1.165, 1.54) is 36.4 Å². The zero-order valence-electron chi connectivity index (χ0n) is 15.7. The molecule has 2 aromatic rings. The zero-order valence-corrected chi connectivity index (χ0v) is 16.5. The third-order valence-electron chi connectivity index (χ3n) is 4.06. The summed E-state index contributed by atoms with van der Waals surface area (Å²) in [7, 11) is 0. The molecule has 1 atom stereocenters. The molecule has 3 rings (SSSR count). The highest BCUT2D eigenvalue weighted by Crippen LogP contribution is 2.23. The van der Waals surface area contributed by atoms with Crippen molar-refractivity contribution in [1.82, 2.24) is 5.32 Å². The molecule has 1 heterocycles. The average molecular weight is 429 g/mol. The standard InChI is InChI=1S/C19H16FN5O4S/c1-11(12-2-8-15(9-3-12)25(28)29)23-24-19-22-18(27)16(30-19)10-17(26)21-14-6-4-13(20)5-7-14/h2-9,16H,10H2,1H3,(H,21,26)(H,22,24,27)/b23-11+. The summed E-state index contributed by atoms with van der Waals surface area (Å²) in [5.74, 6) is -1.17. The third-order valence-corrected chi connectivity index (χ3v) is 5.13. The summed E-state index contributed by atoms with van der Waals surface area (Å²) in [5, 5.41) is 23.5. The van der Waals surface area contributed by atoms with Gasteiger partial charge in [-0.1, -0.05) is 11.8 Å². The minimum atomic E-state index is -0.668. The number of carbonyl (C=O) groups is 2. The van der Waals surface area contributed by atoms with Gasteiger partial charge in [0, 0.05) is 24.2 Å². The monoisotopic (exact) mass is 429 g/mol. The molecule has 0 radical (unpaired) electrons. The van der Waals surface area contributed by atoms with E-state index < -0.39 is 16.0 Å². The number of carbonyl (C=O) groups excluding carboxylic acids is 2. The molecule has 2 amide bonds. The Hall–Kier alpha value is -3.60. The van der Waals surface area contributed by atoms with E-state index in [0.29, 0.717) is 17.0 Å².